The average Bonchev–Trinajstić information content (AvgIpc) is 4.41. The van der Waals surface area contributed by atoms with Gasteiger partial charge in [-0.25, -0.2) is 19.2 Å². The number of methoxy groups -OCH3 is 4. The Labute approximate surface area is 440 Å². The second-order valence-corrected chi connectivity index (χ2v) is 19.2. The third kappa shape index (κ3) is 9.57. The number of H-pyrrole nitrogens is 4. The largest absolute Gasteiger partial charge is 0.482 e. The van der Waals surface area contributed by atoms with E-state index in [2.05, 4.69) is 96.2 Å². The van der Waals surface area contributed by atoms with Crippen LogP contribution in [0.2, 0.25) is 0 Å². The Morgan fingerprint density at radius 3 is 0.592 bits per heavy atom. The molecule has 16 heteroatoms. The number of hydrogen-bond acceptors (Lipinski definition) is 12. The molecule has 0 radical (unpaired) electrons. The van der Waals surface area contributed by atoms with Crippen molar-refractivity contribution in [3.05, 3.63) is 213 Å². The molecule has 0 spiro atoms. The van der Waals surface area contributed by atoms with Crippen LogP contribution >= 0.6 is 0 Å². The van der Waals surface area contributed by atoms with Crippen molar-refractivity contribution in [1.29, 1.82) is 0 Å². The maximum atomic E-state index is 12.0. The minimum Gasteiger partial charge on any atom is -0.482 e. The number of carbonyl (C=O) groups is 4. The summed E-state index contributed by atoms with van der Waals surface area (Å²) in [6.07, 6.45) is 0. The van der Waals surface area contributed by atoms with Gasteiger partial charge in [0.1, 0.15) is 23.0 Å². The number of hydrogen-bond donors (Lipinski definition) is 4. The average molecular weight is 1030 g/mol. The summed E-state index contributed by atoms with van der Waals surface area (Å²) in [7, 11) is 5.28. The minimum atomic E-state index is -0.861. The van der Waals surface area contributed by atoms with Gasteiger partial charge < -0.3 is 57.8 Å². The number of aromatic nitrogens is 4. The highest BCUT2D eigenvalue weighted by molar-refractivity contribution is 5.72. The fourth-order valence-electron chi connectivity index (χ4n) is 10.1. The highest BCUT2D eigenvalue weighted by Gasteiger charge is 2.44. The van der Waals surface area contributed by atoms with E-state index in [0.717, 1.165) is 67.8 Å². The molecule has 0 unspecified atom stereocenters. The fraction of sp³-hybridized carbons (Fsp3) is 0.267. The monoisotopic (exact) mass is 1030 g/mol. The number of fused-ring (bicyclic) bond motifs is 8. The van der Waals surface area contributed by atoms with Crippen molar-refractivity contribution < 1.29 is 57.1 Å². The maximum absolute atomic E-state index is 12.0. The van der Waals surface area contributed by atoms with E-state index >= 15 is 0 Å². The molecule has 4 aromatic carbocycles. The Kier molecular flexibility index (Phi) is 14.4. The SMILES string of the molecule is COC(=O)COc1ccc(C2(C)c3ccc([nH]3)C(C)(c3ccc(OCC(=O)OC)cc3)c3ccc([nH]3)C(C)(c3ccc(OCC(=O)OC)cc3)c3ccc([nH]3)C(C)(c3ccc(OCC(=O)OC)cc3)c3ccc2[nH]3)cc1. The first-order valence-corrected chi connectivity index (χ1v) is 24.6. The van der Waals surface area contributed by atoms with Crippen molar-refractivity contribution in [2.24, 2.45) is 0 Å². The summed E-state index contributed by atoms with van der Waals surface area (Å²) < 4.78 is 42.5. The van der Waals surface area contributed by atoms with E-state index in [1.165, 1.54) is 28.4 Å². The lowest BCUT2D eigenvalue weighted by atomic mass is 9.76. The summed E-state index contributed by atoms with van der Waals surface area (Å²) in [6.45, 7) is 7.72. The number of ether oxygens (including phenoxy) is 8. The molecule has 392 valence electrons. The lowest BCUT2D eigenvalue weighted by molar-refractivity contribution is -0.143. The molecule has 16 nitrogen and oxygen atoms in total. The molecule has 5 heterocycles. The van der Waals surface area contributed by atoms with Gasteiger partial charge in [0.05, 0.1) is 50.1 Å². The van der Waals surface area contributed by atoms with Crippen molar-refractivity contribution in [3.8, 4) is 23.0 Å². The normalized spacial score (nSPS) is 19.7. The van der Waals surface area contributed by atoms with Crippen LogP contribution in [0.3, 0.4) is 0 Å². The Balaban J connectivity index is 1.26. The standard InChI is InChI=1S/C60H60N4O12/c1-57(37-9-17-41(18-10-37)73-33-53(65)69-5)45-25-27-47(61-45)58(2,38-11-19-42(20-12-38)74-34-54(66)70-6)49-29-31-51(63-49)60(4,40-15-23-44(24-16-40)76-36-56(68)72-8)52-32-30-50(64-52)59(3,48-28-26-46(57)62-48)39-13-21-43(22-14-39)75-35-55(67)71-7/h9-32,61-64H,33-36H2,1-8H3. The lowest BCUT2D eigenvalue weighted by Crippen LogP contribution is -2.32. The molecule has 0 fully saturated rings. The zero-order valence-electron chi connectivity index (χ0n) is 43.6. The Morgan fingerprint density at radius 2 is 0.447 bits per heavy atom. The number of esters is 4. The molecular formula is C60H60N4O12. The van der Waals surface area contributed by atoms with Crippen LogP contribution in [0.1, 0.15) is 95.5 Å². The van der Waals surface area contributed by atoms with Gasteiger partial charge in [-0.15, -0.1) is 0 Å². The zero-order valence-corrected chi connectivity index (χ0v) is 43.6. The molecule has 4 N–H and O–H groups in total. The molecule has 0 atom stereocenters. The van der Waals surface area contributed by atoms with Crippen LogP contribution in [0, 0.1) is 0 Å². The molecule has 0 aliphatic carbocycles. The van der Waals surface area contributed by atoms with Crippen molar-refractivity contribution in [2.45, 2.75) is 49.4 Å². The molecule has 8 bridgehead atoms. The summed E-state index contributed by atoms with van der Waals surface area (Å²) in [5.41, 5.74) is 7.23. The van der Waals surface area contributed by atoms with E-state index in [-0.39, 0.29) is 26.4 Å². The van der Waals surface area contributed by atoms with Crippen LogP contribution in [0.5, 0.6) is 23.0 Å². The Morgan fingerprint density at radius 1 is 0.289 bits per heavy atom. The van der Waals surface area contributed by atoms with Gasteiger partial charge in [-0.05, 0) is 147 Å². The summed E-state index contributed by atoms with van der Waals surface area (Å²) in [4.78, 5) is 63.9. The second-order valence-electron chi connectivity index (χ2n) is 19.2. The lowest BCUT2D eigenvalue weighted by Gasteiger charge is -2.34. The van der Waals surface area contributed by atoms with E-state index in [9.17, 15) is 19.2 Å². The van der Waals surface area contributed by atoms with Crippen molar-refractivity contribution in [1.82, 2.24) is 19.9 Å². The molecule has 8 aromatic rings. The molecule has 1 aliphatic rings. The number of nitrogens with one attached hydrogen (secondary N) is 4. The first-order valence-electron chi connectivity index (χ1n) is 24.6. The highest BCUT2D eigenvalue weighted by atomic mass is 16.6. The first kappa shape index (κ1) is 52.0. The van der Waals surface area contributed by atoms with E-state index in [1.54, 1.807) is 0 Å². The molecule has 0 amide bonds. The Hall–Kier alpha value is -8.92. The van der Waals surface area contributed by atoms with E-state index in [4.69, 9.17) is 37.9 Å². The van der Waals surface area contributed by atoms with E-state index in [0.29, 0.717) is 23.0 Å². The zero-order chi connectivity index (χ0) is 53.8. The summed E-state index contributed by atoms with van der Waals surface area (Å²) in [5.74, 6) is 0.0499. The van der Waals surface area contributed by atoms with Crippen LogP contribution in [0.25, 0.3) is 0 Å². The van der Waals surface area contributed by atoms with Gasteiger partial charge in [-0.3, -0.25) is 0 Å². The fourth-order valence-corrected chi connectivity index (χ4v) is 10.1. The van der Waals surface area contributed by atoms with Crippen molar-refractivity contribution >= 4 is 23.9 Å². The summed E-state index contributed by atoms with van der Waals surface area (Å²) in [5, 5.41) is 0. The molecule has 0 saturated carbocycles. The van der Waals surface area contributed by atoms with Crippen molar-refractivity contribution in [2.75, 3.05) is 54.9 Å². The van der Waals surface area contributed by atoms with E-state index < -0.39 is 45.5 Å². The van der Waals surface area contributed by atoms with Gasteiger partial charge >= 0.3 is 23.9 Å². The molecule has 76 heavy (non-hydrogen) atoms. The van der Waals surface area contributed by atoms with Crippen LogP contribution in [0.4, 0.5) is 0 Å². The quantitative estimate of drug-likeness (QED) is 0.0529. The predicted molar refractivity (Wildman–Crippen MR) is 281 cm³/mol. The highest BCUT2D eigenvalue weighted by Crippen LogP contribution is 2.48. The van der Waals surface area contributed by atoms with Crippen LogP contribution in [-0.4, -0.2) is 98.7 Å². The molecule has 0 saturated heterocycles. The van der Waals surface area contributed by atoms with Crippen LogP contribution < -0.4 is 18.9 Å². The van der Waals surface area contributed by atoms with Gasteiger partial charge in [-0.2, -0.15) is 0 Å². The smallest absolute Gasteiger partial charge is 0.343 e. The predicted octanol–water partition coefficient (Wildman–Crippen LogP) is 8.94. The van der Waals surface area contributed by atoms with Crippen LogP contribution in [-0.2, 0) is 59.8 Å². The van der Waals surface area contributed by atoms with E-state index in [1.807, 2.05) is 97.1 Å². The van der Waals surface area contributed by atoms with Crippen LogP contribution in [0.15, 0.2) is 146 Å². The molecule has 4 aromatic heterocycles. The number of aromatic amines is 4. The summed E-state index contributed by atoms with van der Waals surface area (Å²) in [6, 6.07) is 47.7. The third-order valence-corrected chi connectivity index (χ3v) is 15.1. The van der Waals surface area contributed by atoms with Gasteiger partial charge in [0, 0.05) is 45.6 Å². The second kappa shape index (κ2) is 21.1. The van der Waals surface area contributed by atoms with Gasteiger partial charge in [-0.1, -0.05) is 48.5 Å². The summed E-state index contributed by atoms with van der Waals surface area (Å²) >= 11 is 0. The topological polar surface area (TPSA) is 205 Å². The van der Waals surface area contributed by atoms with Gasteiger partial charge in [0.15, 0.2) is 26.4 Å². The minimum absolute atomic E-state index is 0.235. The first-order chi connectivity index (χ1) is 36.6. The molecule has 9 rings (SSSR count). The van der Waals surface area contributed by atoms with Crippen molar-refractivity contribution in [3.63, 3.8) is 0 Å². The maximum Gasteiger partial charge on any atom is 0.343 e. The molecular weight excluding hydrogens is 969 g/mol. The van der Waals surface area contributed by atoms with Gasteiger partial charge in [0.25, 0.3) is 0 Å². The van der Waals surface area contributed by atoms with Gasteiger partial charge in [0.2, 0.25) is 0 Å². The number of carbonyl (C=O) groups excluding carboxylic acids is 4. The number of benzene rings is 4. The third-order valence-electron chi connectivity index (χ3n) is 15.1. The Bertz CT molecular complexity index is 2820. The molecule has 1 aliphatic heterocycles. The number of rotatable bonds is 16.